The van der Waals surface area contributed by atoms with Gasteiger partial charge in [0.25, 0.3) is 5.91 Å². The molecule has 0 radical (unpaired) electrons. The van der Waals surface area contributed by atoms with Crippen molar-refractivity contribution in [2.45, 2.75) is 26.2 Å². The largest absolute Gasteiger partial charge is 0.507 e. The minimum atomic E-state index is -0.385. The first kappa shape index (κ1) is 16.0. The second-order valence-corrected chi connectivity index (χ2v) is 6.20. The van der Waals surface area contributed by atoms with E-state index in [1.807, 2.05) is 0 Å². The van der Waals surface area contributed by atoms with Gasteiger partial charge in [0, 0.05) is 23.0 Å². The fraction of sp³-hybridized carbons (Fsp3) is 0.467. The maximum Gasteiger partial charge on any atom is 0.275 e. The molecule has 0 atom stereocenters. The molecule has 5 nitrogen and oxygen atoms in total. The number of halogens is 1. The summed E-state index contributed by atoms with van der Waals surface area (Å²) in [6.07, 6.45) is 3.03. The molecular weight excluding hydrogens is 334 g/mol. The Kier molecular flexibility index (Phi) is 5.76. The summed E-state index contributed by atoms with van der Waals surface area (Å²) in [4.78, 5) is 13.6. The Morgan fingerprint density at radius 1 is 1.43 bits per heavy atom. The Hall–Kier alpha value is -1.40. The van der Waals surface area contributed by atoms with Crippen molar-refractivity contribution in [2.24, 2.45) is 5.10 Å². The first-order chi connectivity index (χ1) is 10.1. The van der Waals surface area contributed by atoms with Gasteiger partial charge in [0.15, 0.2) is 0 Å². The number of benzene rings is 1. The molecule has 1 aliphatic heterocycles. The molecule has 1 aliphatic rings. The lowest BCUT2D eigenvalue weighted by molar-refractivity contribution is -0.901. The Morgan fingerprint density at radius 3 is 2.81 bits per heavy atom. The maximum absolute atomic E-state index is 12.0. The van der Waals surface area contributed by atoms with Gasteiger partial charge in [-0.1, -0.05) is 22.9 Å². The third kappa shape index (κ3) is 4.54. The van der Waals surface area contributed by atoms with E-state index in [1.165, 1.54) is 19.0 Å². The van der Waals surface area contributed by atoms with Crippen LogP contribution in [-0.4, -0.2) is 36.4 Å². The minimum absolute atomic E-state index is 0.0434. The zero-order valence-corrected chi connectivity index (χ0v) is 13.7. The first-order valence-electron chi connectivity index (χ1n) is 7.28. The van der Waals surface area contributed by atoms with Crippen LogP contribution in [-0.2, 0) is 0 Å². The number of nitrogens with one attached hydrogen (secondary N) is 2. The number of carbonyl (C=O) groups excluding carboxylic acids is 1. The first-order valence-corrected chi connectivity index (χ1v) is 8.07. The second kappa shape index (κ2) is 7.56. The van der Waals surface area contributed by atoms with Gasteiger partial charge in [0.2, 0.25) is 0 Å². The zero-order valence-electron chi connectivity index (χ0n) is 12.2. The van der Waals surface area contributed by atoms with Crippen LogP contribution in [0.2, 0.25) is 0 Å². The molecule has 0 spiro atoms. The molecule has 0 unspecified atom stereocenters. The van der Waals surface area contributed by atoms with E-state index >= 15 is 0 Å². The number of amides is 1. The number of aromatic hydroxyl groups is 1. The van der Waals surface area contributed by atoms with E-state index in [4.69, 9.17) is 0 Å². The van der Waals surface area contributed by atoms with E-state index in [0.717, 1.165) is 36.1 Å². The molecule has 1 aromatic carbocycles. The molecule has 1 amide bonds. The summed E-state index contributed by atoms with van der Waals surface area (Å²) in [6.45, 7) is 5.54. The molecule has 0 saturated carbocycles. The molecule has 1 saturated heterocycles. The lowest BCUT2D eigenvalue weighted by Gasteiger charge is -2.24. The molecule has 2 rings (SSSR count). The fourth-order valence-electron chi connectivity index (χ4n) is 2.49. The van der Waals surface area contributed by atoms with E-state index < -0.39 is 0 Å². The molecule has 3 N–H and O–H groups in total. The highest BCUT2D eigenvalue weighted by molar-refractivity contribution is 9.10. The number of phenolic OH excluding ortho intramolecular Hbond substituents is 1. The number of likely N-dealkylation sites (tertiary alicyclic amines) is 1. The summed E-state index contributed by atoms with van der Waals surface area (Å²) in [5.41, 5.74) is 3.79. The van der Waals surface area contributed by atoms with Crippen molar-refractivity contribution in [3.8, 4) is 5.75 Å². The highest BCUT2D eigenvalue weighted by atomic mass is 79.9. The van der Waals surface area contributed by atoms with Crippen molar-refractivity contribution in [1.29, 1.82) is 0 Å². The van der Waals surface area contributed by atoms with Crippen LogP contribution in [0.4, 0.5) is 0 Å². The van der Waals surface area contributed by atoms with Gasteiger partial charge in [-0.05, 0) is 24.6 Å². The normalized spacial score (nSPS) is 18.4. The molecule has 0 aromatic heterocycles. The molecule has 1 aromatic rings. The third-order valence-corrected chi connectivity index (χ3v) is 4.15. The van der Waals surface area contributed by atoms with Crippen LogP contribution in [0, 0.1) is 0 Å². The summed E-state index contributed by atoms with van der Waals surface area (Å²) in [7, 11) is 0. The van der Waals surface area contributed by atoms with E-state index in [0.29, 0.717) is 0 Å². The van der Waals surface area contributed by atoms with Crippen molar-refractivity contribution in [3.63, 3.8) is 0 Å². The van der Waals surface area contributed by atoms with Crippen LogP contribution >= 0.6 is 15.9 Å². The Morgan fingerprint density at radius 2 is 2.14 bits per heavy atom. The Bertz CT molecular complexity index is 536. The monoisotopic (exact) mass is 354 g/mol. The number of hydrogen-bond acceptors (Lipinski definition) is 3. The third-order valence-electron chi connectivity index (χ3n) is 3.66. The number of hydrazone groups is 1. The van der Waals surface area contributed by atoms with Crippen molar-refractivity contribution in [2.75, 3.05) is 19.6 Å². The van der Waals surface area contributed by atoms with Gasteiger partial charge >= 0.3 is 0 Å². The Labute approximate surface area is 133 Å². The molecule has 0 aliphatic carbocycles. The highest BCUT2D eigenvalue weighted by Gasteiger charge is 2.18. The summed E-state index contributed by atoms with van der Waals surface area (Å²) >= 11 is 3.28. The number of carbonyl (C=O) groups is 1. The average Bonchev–Trinajstić information content (AvgIpc) is 2.49. The molecule has 1 fully saturated rings. The van der Waals surface area contributed by atoms with Gasteiger partial charge in [0.05, 0.1) is 25.2 Å². The fourth-order valence-corrected chi connectivity index (χ4v) is 2.85. The van der Waals surface area contributed by atoms with Gasteiger partial charge in [-0.15, -0.1) is 0 Å². The number of phenols is 1. The predicted octanol–water partition coefficient (Wildman–Crippen LogP) is 1.33. The van der Waals surface area contributed by atoms with Gasteiger partial charge < -0.3 is 10.0 Å². The topological polar surface area (TPSA) is 66.1 Å². The quantitative estimate of drug-likeness (QED) is 0.714. The van der Waals surface area contributed by atoms with Crippen molar-refractivity contribution in [1.82, 2.24) is 5.43 Å². The van der Waals surface area contributed by atoms with E-state index in [1.54, 1.807) is 17.0 Å². The predicted molar refractivity (Wildman–Crippen MR) is 85.8 cm³/mol. The van der Waals surface area contributed by atoms with Crippen LogP contribution in [0.25, 0.3) is 0 Å². The molecule has 1 heterocycles. The number of rotatable bonds is 4. The van der Waals surface area contributed by atoms with Gasteiger partial charge in [-0.25, -0.2) is 5.43 Å². The number of hydrogen-bond donors (Lipinski definition) is 3. The number of piperidine rings is 1. The molecular formula is C15H21BrN3O2+. The molecule has 21 heavy (non-hydrogen) atoms. The summed E-state index contributed by atoms with van der Waals surface area (Å²) in [5, 5.41) is 13.9. The molecule has 114 valence electrons. The molecule has 6 heteroatoms. The summed E-state index contributed by atoms with van der Waals surface area (Å²) < 4.78 is 0.745. The van der Waals surface area contributed by atoms with E-state index in [2.05, 4.69) is 33.4 Å². The van der Waals surface area contributed by atoms with Crippen molar-refractivity contribution >= 4 is 27.5 Å². The SMILES string of the molecule is CCC[NH+]1CCC(=NNC(=O)c2cc(Br)ccc2O)CC1. The van der Waals surface area contributed by atoms with E-state index in [-0.39, 0.29) is 17.2 Å². The van der Waals surface area contributed by atoms with Crippen LogP contribution in [0.1, 0.15) is 36.5 Å². The van der Waals surface area contributed by atoms with Gasteiger partial charge in [-0.3, -0.25) is 4.79 Å². The highest BCUT2D eigenvalue weighted by Crippen LogP contribution is 2.21. The number of quaternary nitrogens is 1. The van der Waals surface area contributed by atoms with Crippen LogP contribution < -0.4 is 10.3 Å². The van der Waals surface area contributed by atoms with Gasteiger partial charge in [-0.2, -0.15) is 5.10 Å². The minimum Gasteiger partial charge on any atom is -0.507 e. The Balaban J connectivity index is 1.92. The molecule has 0 bridgehead atoms. The van der Waals surface area contributed by atoms with Crippen molar-refractivity contribution in [3.05, 3.63) is 28.2 Å². The average molecular weight is 355 g/mol. The standard InChI is InChI=1S/C15H20BrN3O2/c1-2-7-19-8-5-12(6-9-19)17-18-15(21)13-10-11(16)3-4-14(13)20/h3-4,10,20H,2,5-9H2,1H3,(H,18,21)/p+1. The number of nitrogens with zero attached hydrogens (tertiary/aromatic N) is 1. The van der Waals surface area contributed by atoms with E-state index in [9.17, 15) is 9.90 Å². The van der Waals surface area contributed by atoms with Gasteiger partial charge in [0.1, 0.15) is 5.75 Å². The summed E-state index contributed by atoms with van der Waals surface area (Å²) in [6, 6.07) is 4.75. The lowest BCUT2D eigenvalue weighted by Crippen LogP contribution is -3.13. The maximum atomic E-state index is 12.0. The zero-order chi connectivity index (χ0) is 15.2. The van der Waals surface area contributed by atoms with Crippen LogP contribution in [0.3, 0.4) is 0 Å². The second-order valence-electron chi connectivity index (χ2n) is 5.28. The van der Waals surface area contributed by atoms with Crippen LogP contribution in [0.5, 0.6) is 5.75 Å². The van der Waals surface area contributed by atoms with Crippen molar-refractivity contribution < 1.29 is 14.8 Å². The lowest BCUT2D eigenvalue weighted by atomic mass is 10.1. The van der Waals surface area contributed by atoms with Crippen LogP contribution in [0.15, 0.2) is 27.8 Å². The smallest absolute Gasteiger partial charge is 0.275 e. The summed E-state index contributed by atoms with van der Waals surface area (Å²) in [5.74, 6) is -0.428.